The fourth-order valence-corrected chi connectivity index (χ4v) is 6.99. The lowest BCUT2D eigenvalue weighted by molar-refractivity contribution is 0.135. The molecule has 4 N–H and O–H groups in total. The Morgan fingerprint density at radius 3 is 2.83 bits per heavy atom. The minimum atomic E-state index is -0.740. The second-order valence-corrected chi connectivity index (χ2v) is 11.4. The highest BCUT2D eigenvalue weighted by Crippen LogP contribution is 2.46. The molecular formula is C28H28F3N7O3S. The van der Waals surface area contributed by atoms with Crippen molar-refractivity contribution in [1.82, 2.24) is 19.9 Å². The highest BCUT2D eigenvalue weighted by atomic mass is 32.1. The summed E-state index contributed by atoms with van der Waals surface area (Å²) in [7, 11) is 1.35. The van der Waals surface area contributed by atoms with Gasteiger partial charge in [-0.1, -0.05) is 0 Å². The highest BCUT2D eigenvalue weighted by molar-refractivity contribution is 7.23. The predicted molar refractivity (Wildman–Crippen MR) is 152 cm³/mol. The number of aliphatic hydroxyl groups is 1. The fraction of sp³-hybridized carbons (Fsp3) is 0.429. The van der Waals surface area contributed by atoms with Crippen LogP contribution < -0.4 is 15.8 Å². The summed E-state index contributed by atoms with van der Waals surface area (Å²) in [6.07, 6.45) is 3.79. The van der Waals surface area contributed by atoms with Crippen molar-refractivity contribution in [1.29, 1.82) is 5.26 Å². The number of nitrogen functional groups attached to an aromatic ring is 1. The summed E-state index contributed by atoms with van der Waals surface area (Å²) < 4.78 is 54.2. The van der Waals surface area contributed by atoms with Crippen molar-refractivity contribution in [2.45, 2.75) is 44.7 Å². The van der Waals surface area contributed by atoms with E-state index in [0.29, 0.717) is 29.1 Å². The number of aromatic nitrogens is 3. The molecule has 0 radical (unpaired) electrons. The number of nitrogens with one attached hydrogen (secondary N) is 1. The van der Waals surface area contributed by atoms with Gasteiger partial charge in [-0.2, -0.15) is 15.2 Å². The van der Waals surface area contributed by atoms with Crippen LogP contribution in [0.4, 0.5) is 24.0 Å². The Hall–Kier alpha value is -3.77. The number of aliphatic hydroxyl groups excluding tert-OH is 1. The number of hydrogen-bond acceptors (Lipinski definition) is 11. The number of benzene rings is 1. The predicted octanol–water partition coefficient (Wildman–Crippen LogP) is 4.27. The lowest BCUT2D eigenvalue weighted by Crippen LogP contribution is -2.22. The zero-order valence-electron chi connectivity index (χ0n) is 22.7. The van der Waals surface area contributed by atoms with Gasteiger partial charge in [0.15, 0.2) is 11.6 Å². The van der Waals surface area contributed by atoms with Crippen molar-refractivity contribution in [2.24, 2.45) is 0 Å². The molecule has 2 atom stereocenters. The van der Waals surface area contributed by atoms with Gasteiger partial charge in [0, 0.05) is 30.1 Å². The maximum absolute atomic E-state index is 16.2. The molecular weight excluding hydrogens is 571 g/mol. The van der Waals surface area contributed by atoms with Crippen LogP contribution in [0.3, 0.4) is 0 Å². The van der Waals surface area contributed by atoms with Crippen LogP contribution in [0, 0.1) is 23.0 Å². The maximum atomic E-state index is 16.2. The molecule has 2 unspecified atom stereocenters. The Morgan fingerprint density at radius 1 is 1.29 bits per heavy atom. The molecule has 0 spiro atoms. The second-order valence-electron chi connectivity index (χ2n) is 10.3. The van der Waals surface area contributed by atoms with Crippen LogP contribution in [0.5, 0.6) is 6.01 Å². The molecule has 0 saturated carbocycles. The van der Waals surface area contributed by atoms with E-state index in [1.807, 2.05) is 6.07 Å². The molecule has 3 aliphatic heterocycles. The van der Waals surface area contributed by atoms with Crippen molar-refractivity contribution in [3.8, 4) is 23.3 Å². The van der Waals surface area contributed by atoms with Crippen molar-refractivity contribution in [2.75, 3.05) is 44.4 Å². The average Bonchev–Trinajstić information content (AvgIpc) is 3.77. The third kappa shape index (κ3) is 4.76. The van der Waals surface area contributed by atoms with Crippen LogP contribution in [-0.2, 0) is 18.0 Å². The van der Waals surface area contributed by atoms with E-state index in [0.717, 1.165) is 30.5 Å². The van der Waals surface area contributed by atoms with Gasteiger partial charge in [0.05, 0.1) is 54.5 Å². The summed E-state index contributed by atoms with van der Waals surface area (Å²) in [5, 5.41) is 22.5. The van der Waals surface area contributed by atoms with Crippen LogP contribution in [0.25, 0.3) is 32.2 Å². The molecule has 220 valence electrons. The molecule has 2 saturated heterocycles. The third-order valence-corrected chi connectivity index (χ3v) is 8.89. The van der Waals surface area contributed by atoms with Crippen molar-refractivity contribution in [3.05, 3.63) is 34.5 Å². The Morgan fingerprint density at radius 2 is 2.10 bits per heavy atom. The molecule has 42 heavy (non-hydrogen) atoms. The Balaban J connectivity index is 0.000000296. The van der Waals surface area contributed by atoms with E-state index < -0.39 is 17.8 Å². The van der Waals surface area contributed by atoms with Gasteiger partial charge in [0.25, 0.3) is 0 Å². The summed E-state index contributed by atoms with van der Waals surface area (Å²) in [5.74, 6) is -1.11. The van der Waals surface area contributed by atoms with Crippen molar-refractivity contribution in [3.63, 3.8) is 0 Å². The smallest absolute Gasteiger partial charge is 0.318 e. The van der Waals surface area contributed by atoms with Gasteiger partial charge in [-0.25, -0.2) is 13.2 Å². The molecule has 0 bridgehead atoms. The van der Waals surface area contributed by atoms with E-state index in [1.54, 1.807) is 0 Å². The van der Waals surface area contributed by atoms with Gasteiger partial charge in [-0.05, 0) is 36.9 Å². The normalized spacial score (nSPS) is 19.4. The molecule has 2 fully saturated rings. The Bertz CT molecular complexity index is 1720. The summed E-state index contributed by atoms with van der Waals surface area (Å²) >= 11 is 0.906. The molecule has 6 heterocycles. The molecule has 3 aliphatic rings. The number of fused-ring (bicyclic) bond motifs is 5. The fourth-order valence-electron chi connectivity index (χ4n) is 6.07. The van der Waals surface area contributed by atoms with E-state index in [-0.39, 0.29) is 75.6 Å². The molecule has 14 heteroatoms. The van der Waals surface area contributed by atoms with Gasteiger partial charge < -0.3 is 25.6 Å². The number of hydrogen-bond donors (Lipinski definition) is 3. The number of ether oxygens (including phenoxy) is 2. The van der Waals surface area contributed by atoms with Gasteiger partial charge in [0.1, 0.15) is 28.6 Å². The summed E-state index contributed by atoms with van der Waals surface area (Å²) in [5.41, 5.74) is 7.19. The molecule has 1 aromatic carbocycles. The van der Waals surface area contributed by atoms with Crippen LogP contribution in [-0.4, -0.2) is 70.5 Å². The molecule has 0 amide bonds. The maximum Gasteiger partial charge on any atom is 0.318 e. The third-order valence-electron chi connectivity index (χ3n) is 7.87. The minimum absolute atomic E-state index is 0.0368. The highest BCUT2D eigenvalue weighted by Gasteiger charge is 2.35. The van der Waals surface area contributed by atoms with E-state index in [2.05, 4.69) is 25.2 Å². The van der Waals surface area contributed by atoms with E-state index >= 15 is 4.39 Å². The van der Waals surface area contributed by atoms with Gasteiger partial charge in [-0.15, -0.1) is 11.3 Å². The van der Waals surface area contributed by atoms with Gasteiger partial charge >= 0.3 is 6.01 Å². The van der Waals surface area contributed by atoms with E-state index in [1.165, 1.54) is 20.0 Å². The summed E-state index contributed by atoms with van der Waals surface area (Å²) in [4.78, 5) is 14.9. The molecule has 4 aromatic rings. The summed E-state index contributed by atoms with van der Waals surface area (Å²) in [6.45, 7) is 2.10. The van der Waals surface area contributed by atoms with Crippen LogP contribution in [0.1, 0.15) is 36.0 Å². The lowest BCUT2D eigenvalue weighted by atomic mass is 9.93. The van der Waals surface area contributed by atoms with Gasteiger partial charge in [0.2, 0.25) is 0 Å². The first kappa shape index (κ1) is 28.4. The topological polar surface area (TPSA) is 142 Å². The van der Waals surface area contributed by atoms with Crippen LogP contribution in [0.2, 0.25) is 0 Å². The first-order chi connectivity index (χ1) is 20.4. The number of nitrogens with zero attached hydrogens (tertiary/aromatic N) is 5. The zero-order chi connectivity index (χ0) is 29.5. The quantitative estimate of drug-likeness (QED) is 0.304. The van der Waals surface area contributed by atoms with Crippen LogP contribution >= 0.6 is 11.3 Å². The number of alkyl halides is 1. The molecule has 10 nitrogen and oxygen atoms in total. The number of halogens is 3. The first-order valence-corrected chi connectivity index (χ1v) is 14.3. The van der Waals surface area contributed by atoms with Crippen molar-refractivity contribution >= 4 is 43.1 Å². The number of rotatable bonds is 5. The number of nitrogens with two attached hydrogens (primary N) is 1. The SMILES string of the molecule is COc1nc(NCCO)c2c3c(c(-c4ncc(F)c5sc(N)c(C#N)c45)c(F)c2n1)COC3.FC1CC2CCCN2C1. The molecule has 0 aliphatic carbocycles. The van der Waals surface area contributed by atoms with E-state index in [9.17, 15) is 19.1 Å². The zero-order valence-corrected chi connectivity index (χ0v) is 23.5. The second kappa shape index (κ2) is 11.5. The minimum Gasteiger partial charge on any atom is -0.467 e. The molecule has 3 aromatic heterocycles. The monoisotopic (exact) mass is 599 g/mol. The Labute approximate surface area is 242 Å². The average molecular weight is 600 g/mol. The molecule has 7 rings (SSSR count). The van der Waals surface area contributed by atoms with Gasteiger partial charge in [-0.3, -0.25) is 9.88 Å². The number of thiophene rings is 1. The number of anilines is 2. The number of methoxy groups -OCH3 is 1. The Kier molecular flexibility index (Phi) is 7.75. The number of pyridine rings is 1. The lowest BCUT2D eigenvalue weighted by Gasteiger charge is -2.16. The first-order valence-electron chi connectivity index (χ1n) is 13.5. The van der Waals surface area contributed by atoms with Crippen molar-refractivity contribution < 1.29 is 27.8 Å². The number of nitriles is 1. The van der Waals surface area contributed by atoms with E-state index in [4.69, 9.17) is 15.2 Å². The summed E-state index contributed by atoms with van der Waals surface area (Å²) in [6, 6.07) is 2.51. The largest absolute Gasteiger partial charge is 0.467 e. The van der Waals surface area contributed by atoms with Crippen LogP contribution in [0.15, 0.2) is 6.20 Å². The standard InChI is InChI=1S/C21H16F2N6O3S.C7H12FN/c1-31-21-28-17-14(20(29-21)26-2-3-30)10-7-32-6-9(10)12(15(17)23)16-13-8(4-24)19(25)33-18(13)11(22)5-27-16;8-6-4-7-2-1-3-9(7)5-6/h5,30H,2-3,6-7,25H2,1H3,(H,26,28,29);6-7H,1-5H2.